The SMILES string of the molecule is N#Cc1ccc(Oc2ccc(Nc3ccccc3)cc2)c(Cl)c1. The fraction of sp³-hybridized carbons (Fsp3) is 0. The van der Waals surface area contributed by atoms with E-state index in [-0.39, 0.29) is 0 Å². The van der Waals surface area contributed by atoms with E-state index in [0.717, 1.165) is 11.4 Å². The molecule has 3 nitrogen and oxygen atoms in total. The maximum absolute atomic E-state index is 8.84. The number of hydrogen-bond donors (Lipinski definition) is 1. The molecule has 0 atom stereocenters. The topological polar surface area (TPSA) is 45.0 Å². The van der Waals surface area contributed by atoms with E-state index >= 15 is 0 Å². The third kappa shape index (κ3) is 3.82. The molecular formula is C19H13ClN2O. The second-order valence-corrected chi connectivity index (χ2v) is 5.28. The first-order chi connectivity index (χ1) is 11.2. The second-order valence-electron chi connectivity index (χ2n) is 4.87. The lowest BCUT2D eigenvalue weighted by molar-refractivity contribution is 0.483. The maximum Gasteiger partial charge on any atom is 0.146 e. The molecule has 0 aliphatic heterocycles. The Bertz CT molecular complexity index is 839. The highest BCUT2D eigenvalue weighted by Gasteiger charge is 2.05. The summed E-state index contributed by atoms with van der Waals surface area (Å²) in [5.41, 5.74) is 2.50. The quantitative estimate of drug-likeness (QED) is 0.666. The third-order valence-electron chi connectivity index (χ3n) is 3.21. The Balaban J connectivity index is 1.72. The first-order valence-electron chi connectivity index (χ1n) is 7.04. The van der Waals surface area contributed by atoms with Crippen molar-refractivity contribution in [1.29, 1.82) is 5.26 Å². The maximum atomic E-state index is 8.84. The van der Waals surface area contributed by atoms with E-state index in [4.69, 9.17) is 21.6 Å². The van der Waals surface area contributed by atoms with Crippen molar-refractivity contribution in [2.75, 3.05) is 5.32 Å². The molecule has 112 valence electrons. The van der Waals surface area contributed by atoms with Gasteiger partial charge in [-0.15, -0.1) is 0 Å². The molecular weight excluding hydrogens is 308 g/mol. The van der Waals surface area contributed by atoms with Crippen LogP contribution in [0.4, 0.5) is 11.4 Å². The van der Waals surface area contributed by atoms with Crippen LogP contribution in [0.15, 0.2) is 72.8 Å². The number of ether oxygens (including phenoxy) is 1. The van der Waals surface area contributed by atoms with Crippen molar-refractivity contribution in [3.8, 4) is 17.6 Å². The van der Waals surface area contributed by atoms with Crippen LogP contribution in [0.2, 0.25) is 5.02 Å². The summed E-state index contributed by atoms with van der Waals surface area (Å²) >= 11 is 6.11. The van der Waals surface area contributed by atoms with E-state index in [1.165, 1.54) is 0 Å². The van der Waals surface area contributed by atoms with Crippen molar-refractivity contribution in [3.63, 3.8) is 0 Å². The summed E-state index contributed by atoms with van der Waals surface area (Å²) in [5, 5.41) is 12.6. The summed E-state index contributed by atoms with van der Waals surface area (Å²) in [6.07, 6.45) is 0. The monoisotopic (exact) mass is 320 g/mol. The normalized spacial score (nSPS) is 9.91. The van der Waals surface area contributed by atoms with Crippen LogP contribution >= 0.6 is 11.6 Å². The molecule has 0 aliphatic rings. The number of nitrogens with zero attached hydrogens (tertiary/aromatic N) is 1. The summed E-state index contributed by atoms with van der Waals surface area (Å²) in [6, 6.07) is 24.5. The number of para-hydroxylation sites is 1. The number of hydrogen-bond acceptors (Lipinski definition) is 3. The average molecular weight is 321 g/mol. The van der Waals surface area contributed by atoms with Crippen LogP contribution in [0, 0.1) is 11.3 Å². The summed E-state index contributed by atoms with van der Waals surface area (Å²) in [4.78, 5) is 0. The van der Waals surface area contributed by atoms with Gasteiger partial charge >= 0.3 is 0 Å². The van der Waals surface area contributed by atoms with Crippen LogP contribution < -0.4 is 10.1 Å². The molecule has 0 bridgehead atoms. The van der Waals surface area contributed by atoms with Gasteiger partial charge in [0.25, 0.3) is 0 Å². The van der Waals surface area contributed by atoms with E-state index in [9.17, 15) is 0 Å². The van der Waals surface area contributed by atoms with Crippen molar-refractivity contribution in [3.05, 3.63) is 83.4 Å². The number of nitrogens with one attached hydrogen (secondary N) is 1. The van der Waals surface area contributed by atoms with Gasteiger partial charge in [0.15, 0.2) is 0 Å². The Kier molecular flexibility index (Phi) is 4.46. The summed E-state index contributed by atoms with van der Waals surface area (Å²) in [5.74, 6) is 1.20. The van der Waals surface area contributed by atoms with Crippen molar-refractivity contribution < 1.29 is 4.74 Å². The van der Waals surface area contributed by atoms with Gasteiger partial charge in [0.1, 0.15) is 11.5 Å². The predicted molar refractivity (Wildman–Crippen MR) is 92.4 cm³/mol. The lowest BCUT2D eigenvalue weighted by Gasteiger charge is -2.10. The van der Waals surface area contributed by atoms with E-state index in [1.807, 2.05) is 60.7 Å². The Labute approximate surface area is 139 Å². The smallest absolute Gasteiger partial charge is 0.146 e. The predicted octanol–water partition coefficient (Wildman–Crippen LogP) is 5.75. The molecule has 23 heavy (non-hydrogen) atoms. The number of rotatable bonds is 4. The molecule has 0 aliphatic carbocycles. The van der Waals surface area contributed by atoms with Crippen molar-refractivity contribution >= 4 is 23.0 Å². The lowest BCUT2D eigenvalue weighted by atomic mass is 10.2. The van der Waals surface area contributed by atoms with Gasteiger partial charge in [-0.25, -0.2) is 0 Å². The first kappa shape index (κ1) is 15.0. The Morgan fingerprint density at radius 3 is 2.22 bits per heavy atom. The van der Waals surface area contributed by atoms with Gasteiger partial charge in [0, 0.05) is 11.4 Å². The molecule has 3 aromatic rings. The van der Waals surface area contributed by atoms with Gasteiger partial charge in [-0.2, -0.15) is 5.26 Å². The molecule has 0 unspecified atom stereocenters. The highest BCUT2D eigenvalue weighted by atomic mass is 35.5. The molecule has 1 N–H and O–H groups in total. The Hall–Kier alpha value is -2.96. The van der Waals surface area contributed by atoms with Crippen molar-refractivity contribution in [2.24, 2.45) is 0 Å². The highest BCUT2D eigenvalue weighted by Crippen LogP contribution is 2.30. The van der Waals surface area contributed by atoms with Gasteiger partial charge in [-0.3, -0.25) is 0 Å². The van der Waals surface area contributed by atoms with E-state index in [0.29, 0.717) is 22.1 Å². The van der Waals surface area contributed by atoms with Gasteiger partial charge in [-0.1, -0.05) is 29.8 Å². The molecule has 0 radical (unpaired) electrons. The molecule has 0 aromatic heterocycles. The minimum absolute atomic E-state index is 0.413. The Morgan fingerprint density at radius 1 is 0.870 bits per heavy atom. The van der Waals surface area contributed by atoms with Crippen LogP contribution in [0.1, 0.15) is 5.56 Å². The summed E-state index contributed by atoms with van der Waals surface area (Å²) in [7, 11) is 0. The van der Waals surface area contributed by atoms with E-state index in [1.54, 1.807) is 18.2 Å². The van der Waals surface area contributed by atoms with Gasteiger partial charge in [0.05, 0.1) is 16.7 Å². The number of benzene rings is 3. The summed E-state index contributed by atoms with van der Waals surface area (Å²) in [6.45, 7) is 0. The molecule has 0 fully saturated rings. The minimum atomic E-state index is 0.413. The van der Waals surface area contributed by atoms with Crippen LogP contribution in [-0.2, 0) is 0 Å². The fourth-order valence-corrected chi connectivity index (χ4v) is 2.29. The van der Waals surface area contributed by atoms with E-state index < -0.39 is 0 Å². The first-order valence-corrected chi connectivity index (χ1v) is 7.42. The highest BCUT2D eigenvalue weighted by molar-refractivity contribution is 6.32. The number of nitriles is 1. The minimum Gasteiger partial charge on any atom is -0.456 e. The largest absolute Gasteiger partial charge is 0.456 e. The summed E-state index contributed by atoms with van der Waals surface area (Å²) < 4.78 is 5.74. The van der Waals surface area contributed by atoms with Crippen LogP contribution in [0.3, 0.4) is 0 Å². The second kappa shape index (κ2) is 6.87. The standard InChI is InChI=1S/C19H13ClN2O/c20-18-12-14(13-21)6-11-19(18)23-17-9-7-16(8-10-17)22-15-4-2-1-3-5-15/h1-12,22H. The van der Waals surface area contributed by atoms with Crippen LogP contribution in [0.5, 0.6) is 11.5 Å². The molecule has 4 heteroatoms. The zero-order valence-electron chi connectivity index (χ0n) is 12.2. The van der Waals surface area contributed by atoms with Crippen molar-refractivity contribution in [1.82, 2.24) is 0 Å². The van der Waals surface area contributed by atoms with Gasteiger partial charge in [0.2, 0.25) is 0 Å². The molecule has 3 rings (SSSR count). The fourth-order valence-electron chi connectivity index (χ4n) is 2.07. The third-order valence-corrected chi connectivity index (χ3v) is 3.50. The molecule has 3 aromatic carbocycles. The van der Waals surface area contributed by atoms with Gasteiger partial charge < -0.3 is 10.1 Å². The van der Waals surface area contributed by atoms with Crippen LogP contribution in [-0.4, -0.2) is 0 Å². The average Bonchev–Trinajstić information content (AvgIpc) is 2.59. The molecule has 0 saturated carbocycles. The number of halogens is 1. The van der Waals surface area contributed by atoms with Gasteiger partial charge in [-0.05, 0) is 54.6 Å². The molecule has 0 amide bonds. The molecule has 0 saturated heterocycles. The van der Waals surface area contributed by atoms with Crippen molar-refractivity contribution in [2.45, 2.75) is 0 Å². The lowest BCUT2D eigenvalue weighted by Crippen LogP contribution is -1.90. The molecule has 0 heterocycles. The number of anilines is 2. The van der Waals surface area contributed by atoms with Crippen LogP contribution in [0.25, 0.3) is 0 Å². The zero-order valence-corrected chi connectivity index (χ0v) is 12.9. The zero-order chi connectivity index (χ0) is 16.1. The Morgan fingerprint density at radius 2 is 1.57 bits per heavy atom. The molecule has 0 spiro atoms. The van der Waals surface area contributed by atoms with E-state index in [2.05, 4.69) is 5.32 Å².